The second-order valence-corrected chi connectivity index (χ2v) is 3.01. The van der Waals surface area contributed by atoms with Crippen molar-refractivity contribution in [2.45, 2.75) is 46.5 Å². The lowest BCUT2D eigenvalue weighted by Gasteiger charge is -2.06. The van der Waals surface area contributed by atoms with E-state index in [1.165, 1.54) is 24.8 Å². The Morgan fingerprint density at radius 3 is 2.50 bits per heavy atom. The summed E-state index contributed by atoms with van der Waals surface area (Å²) < 4.78 is 5.38. The number of hydrogen-bond acceptors (Lipinski definition) is 1. The van der Waals surface area contributed by atoms with Crippen LogP contribution in [-0.2, 0) is 4.74 Å². The van der Waals surface area contributed by atoms with Gasteiger partial charge in [-0.2, -0.15) is 0 Å². The smallest absolute Gasteiger partial charge is 0.0676 e. The first-order valence-electron chi connectivity index (χ1n) is 5.10. The van der Waals surface area contributed by atoms with E-state index in [4.69, 9.17) is 4.74 Å². The van der Waals surface area contributed by atoms with Crippen LogP contribution in [-0.4, -0.2) is 13.2 Å². The molecular weight excluding hydrogens is 148 g/mol. The van der Waals surface area contributed by atoms with E-state index >= 15 is 0 Å². The van der Waals surface area contributed by atoms with E-state index in [0.717, 1.165) is 19.6 Å². The maximum absolute atomic E-state index is 5.38. The molecule has 0 aliphatic carbocycles. The summed E-state index contributed by atoms with van der Waals surface area (Å²) in [6.07, 6.45) is 7.20. The molecule has 0 radical (unpaired) electrons. The molecule has 12 heavy (non-hydrogen) atoms. The van der Waals surface area contributed by atoms with Gasteiger partial charge in [-0.05, 0) is 31.8 Å². The Morgan fingerprint density at radius 2 is 2.00 bits per heavy atom. The standard InChI is InChI=1S/C11H22O/c1-4-7-9-11(8-5-2)10-12-6-3/h8H,4-7,9-10H2,1-3H3. The summed E-state index contributed by atoms with van der Waals surface area (Å²) in [6, 6.07) is 0. The van der Waals surface area contributed by atoms with Crippen LogP contribution in [0.15, 0.2) is 11.6 Å². The number of ether oxygens (including phenoxy) is 1. The largest absolute Gasteiger partial charge is 0.377 e. The Morgan fingerprint density at radius 1 is 1.25 bits per heavy atom. The Bertz CT molecular complexity index is 106. The normalized spacial score (nSPS) is 12.1. The molecule has 0 saturated heterocycles. The van der Waals surface area contributed by atoms with Gasteiger partial charge in [0.05, 0.1) is 6.61 Å². The zero-order chi connectivity index (χ0) is 9.23. The van der Waals surface area contributed by atoms with Gasteiger partial charge < -0.3 is 4.74 Å². The molecule has 0 atom stereocenters. The fourth-order valence-electron chi connectivity index (χ4n) is 1.16. The predicted molar refractivity (Wildman–Crippen MR) is 54.4 cm³/mol. The van der Waals surface area contributed by atoms with Crippen LogP contribution in [0, 0.1) is 0 Å². The van der Waals surface area contributed by atoms with Crippen LogP contribution >= 0.6 is 0 Å². The van der Waals surface area contributed by atoms with Gasteiger partial charge in [0.1, 0.15) is 0 Å². The minimum Gasteiger partial charge on any atom is -0.377 e. The fourth-order valence-corrected chi connectivity index (χ4v) is 1.16. The highest BCUT2D eigenvalue weighted by Gasteiger charge is 1.95. The van der Waals surface area contributed by atoms with E-state index < -0.39 is 0 Å². The van der Waals surface area contributed by atoms with E-state index in [1.54, 1.807) is 0 Å². The fraction of sp³-hybridized carbons (Fsp3) is 0.818. The zero-order valence-electron chi connectivity index (χ0n) is 8.73. The van der Waals surface area contributed by atoms with Crippen LogP contribution in [0.3, 0.4) is 0 Å². The second-order valence-electron chi connectivity index (χ2n) is 3.01. The minimum absolute atomic E-state index is 0.827. The highest BCUT2D eigenvalue weighted by molar-refractivity contribution is 5.01. The van der Waals surface area contributed by atoms with E-state index in [0.29, 0.717) is 0 Å². The lowest BCUT2D eigenvalue weighted by atomic mass is 10.1. The minimum atomic E-state index is 0.827. The van der Waals surface area contributed by atoms with Crippen LogP contribution in [0.2, 0.25) is 0 Å². The highest BCUT2D eigenvalue weighted by atomic mass is 16.5. The topological polar surface area (TPSA) is 9.23 Å². The van der Waals surface area contributed by atoms with Crippen molar-refractivity contribution in [3.63, 3.8) is 0 Å². The summed E-state index contributed by atoms with van der Waals surface area (Å²) in [5.41, 5.74) is 1.47. The number of rotatable bonds is 7. The summed E-state index contributed by atoms with van der Waals surface area (Å²) in [5.74, 6) is 0. The molecule has 0 bridgehead atoms. The van der Waals surface area contributed by atoms with Gasteiger partial charge in [-0.25, -0.2) is 0 Å². The Kier molecular flexibility index (Phi) is 8.57. The molecule has 0 aliphatic heterocycles. The molecule has 0 aromatic carbocycles. The SMILES string of the molecule is CCC=C(CCCC)COCC. The first-order valence-corrected chi connectivity index (χ1v) is 5.10. The molecule has 0 unspecified atom stereocenters. The maximum atomic E-state index is 5.38. The second kappa shape index (κ2) is 8.79. The van der Waals surface area contributed by atoms with Gasteiger partial charge >= 0.3 is 0 Å². The summed E-state index contributed by atoms with van der Waals surface area (Å²) in [7, 11) is 0. The predicted octanol–water partition coefficient (Wildman–Crippen LogP) is 3.55. The molecule has 1 nitrogen and oxygen atoms in total. The first kappa shape index (κ1) is 11.7. The molecule has 72 valence electrons. The summed E-state index contributed by atoms with van der Waals surface area (Å²) in [6.45, 7) is 8.11. The van der Waals surface area contributed by atoms with Crippen LogP contribution in [0.4, 0.5) is 0 Å². The van der Waals surface area contributed by atoms with Gasteiger partial charge in [0, 0.05) is 6.61 Å². The van der Waals surface area contributed by atoms with Gasteiger partial charge in [0.25, 0.3) is 0 Å². The molecule has 0 aliphatic rings. The van der Waals surface area contributed by atoms with Gasteiger partial charge in [-0.1, -0.05) is 26.3 Å². The van der Waals surface area contributed by atoms with Crippen molar-refractivity contribution in [1.82, 2.24) is 0 Å². The average molecular weight is 170 g/mol. The Hall–Kier alpha value is -0.300. The van der Waals surface area contributed by atoms with Gasteiger partial charge in [-0.15, -0.1) is 0 Å². The Labute approximate surface area is 76.8 Å². The average Bonchev–Trinajstić information content (AvgIpc) is 2.10. The van der Waals surface area contributed by atoms with Crippen molar-refractivity contribution in [2.75, 3.05) is 13.2 Å². The van der Waals surface area contributed by atoms with Crippen LogP contribution in [0.1, 0.15) is 46.5 Å². The molecule has 1 heteroatoms. The molecule has 0 spiro atoms. The van der Waals surface area contributed by atoms with Crippen LogP contribution in [0.25, 0.3) is 0 Å². The molecular formula is C11H22O. The van der Waals surface area contributed by atoms with Gasteiger partial charge in [-0.3, -0.25) is 0 Å². The molecule has 0 saturated carbocycles. The zero-order valence-corrected chi connectivity index (χ0v) is 8.73. The van der Waals surface area contributed by atoms with Crippen molar-refractivity contribution >= 4 is 0 Å². The van der Waals surface area contributed by atoms with Crippen molar-refractivity contribution in [3.8, 4) is 0 Å². The maximum Gasteiger partial charge on any atom is 0.0676 e. The van der Waals surface area contributed by atoms with Crippen LogP contribution in [0.5, 0.6) is 0 Å². The molecule has 0 heterocycles. The molecule has 0 rings (SSSR count). The van der Waals surface area contributed by atoms with E-state index in [1.807, 2.05) is 6.92 Å². The lowest BCUT2D eigenvalue weighted by Crippen LogP contribution is -1.98. The summed E-state index contributed by atoms with van der Waals surface area (Å²) >= 11 is 0. The van der Waals surface area contributed by atoms with E-state index in [2.05, 4.69) is 19.9 Å². The summed E-state index contributed by atoms with van der Waals surface area (Å²) in [5, 5.41) is 0. The quantitative estimate of drug-likeness (QED) is 0.531. The van der Waals surface area contributed by atoms with E-state index in [9.17, 15) is 0 Å². The van der Waals surface area contributed by atoms with Crippen molar-refractivity contribution < 1.29 is 4.74 Å². The Balaban J connectivity index is 3.62. The lowest BCUT2D eigenvalue weighted by molar-refractivity contribution is 0.168. The number of unbranched alkanes of at least 4 members (excludes halogenated alkanes) is 1. The molecule has 0 aromatic heterocycles. The van der Waals surface area contributed by atoms with Gasteiger partial charge in [0.15, 0.2) is 0 Å². The van der Waals surface area contributed by atoms with Crippen molar-refractivity contribution in [3.05, 3.63) is 11.6 Å². The highest BCUT2D eigenvalue weighted by Crippen LogP contribution is 2.08. The molecule has 0 fully saturated rings. The number of allylic oxidation sites excluding steroid dienone is 1. The van der Waals surface area contributed by atoms with E-state index in [-0.39, 0.29) is 0 Å². The van der Waals surface area contributed by atoms with Gasteiger partial charge in [0.2, 0.25) is 0 Å². The summed E-state index contributed by atoms with van der Waals surface area (Å²) in [4.78, 5) is 0. The van der Waals surface area contributed by atoms with Crippen molar-refractivity contribution in [1.29, 1.82) is 0 Å². The third-order valence-corrected chi connectivity index (χ3v) is 1.84. The third kappa shape index (κ3) is 6.41. The first-order chi connectivity index (χ1) is 5.85. The third-order valence-electron chi connectivity index (χ3n) is 1.84. The van der Waals surface area contributed by atoms with Crippen molar-refractivity contribution in [2.24, 2.45) is 0 Å². The monoisotopic (exact) mass is 170 g/mol. The van der Waals surface area contributed by atoms with Crippen LogP contribution < -0.4 is 0 Å². The molecule has 0 aromatic rings. The molecule has 0 N–H and O–H groups in total. The number of hydrogen-bond donors (Lipinski definition) is 0. The molecule has 0 amide bonds.